The van der Waals surface area contributed by atoms with E-state index in [1.165, 1.54) is 0 Å². The van der Waals surface area contributed by atoms with Crippen molar-refractivity contribution >= 4 is 56.2 Å². The van der Waals surface area contributed by atoms with Crippen LogP contribution in [-0.2, 0) is 9.59 Å². The molecule has 0 aliphatic heterocycles. The summed E-state index contributed by atoms with van der Waals surface area (Å²) in [7, 11) is 0. The third-order valence-corrected chi connectivity index (χ3v) is 13.9. The number of carbonyl (C=O) groups excluding carboxylic acids is 2. The molecule has 2 aliphatic carbocycles. The van der Waals surface area contributed by atoms with Gasteiger partial charge in [0.15, 0.2) is 11.6 Å². The number of benzene rings is 10. The molecule has 10 aromatic rings. The zero-order valence-corrected chi connectivity index (χ0v) is 42.4. The second kappa shape index (κ2) is 21.9. The molecule has 0 heterocycles. The zero-order valence-electron chi connectivity index (χ0n) is 42.4. The van der Waals surface area contributed by atoms with Gasteiger partial charge in [-0.05, 0) is 123 Å². The zero-order chi connectivity index (χ0) is 52.6. The lowest BCUT2D eigenvalue weighted by atomic mass is 9.84. The minimum atomic E-state index is -0.0877. The molecule has 0 unspecified atom stereocenters. The summed E-state index contributed by atoms with van der Waals surface area (Å²) in [5, 5.41) is 0. The van der Waals surface area contributed by atoms with Crippen molar-refractivity contribution in [2.75, 3.05) is 0 Å². The molecule has 12 rings (SSSR count). The van der Waals surface area contributed by atoms with Crippen molar-refractivity contribution in [2.24, 2.45) is 0 Å². The lowest BCUT2D eigenvalue weighted by Gasteiger charge is -2.18. The monoisotopic (exact) mass is 990 g/mol. The highest BCUT2D eigenvalue weighted by atomic mass is 16.1. The average molecular weight is 991 g/mol. The molecule has 0 fully saturated rings. The largest absolute Gasteiger partial charge is 0.289 e. The maximum absolute atomic E-state index is 15.8. The van der Waals surface area contributed by atoms with Gasteiger partial charge >= 0.3 is 0 Å². The first kappa shape index (κ1) is 48.1. The summed E-state index contributed by atoms with van der Waals surface area (Å²) < 4.78 is 0. The molecule has 2 heteroatoms. The Morgan fingerprint density at radius 2 is 0.372 bits per heavy atom. The van der Waals surface area contributed by atoms with Crippen LogP contribution in [0.15, 0.2) is 279 Å². The first-order valence-electron chi connectivity index (χ1n) is 25.9. The van der Waals surface area contributed by atoms with E-state index in [0.717, 1.165) is 94.6 Å². The summed E-state index contributed by atoms with van der Waals surface area (Å²) >= 11 is 0. The Bertz CT molecular complexity index is 4000. The third-order valence-electron chi connectivity index (χ3n) is 13.9. The van der Waals surface area contributed by atoms with Gasteiger partial charge in [-0.25, -0.2) is 0 Å². The molecule has 0 radical (unpaired) electrons. The maximum atomic E-state index is 15.8. The van der Waals surface area contributed by atoms with Crippen molar-refractivity contribution in [3.05, 3.63) is 357 Å². The second-order valence-corrected chi connectivity index (χ2v) is 18.9. The van der Waals surface area contributed by atoms with Gasteiger partial charge < -0.3 is 0 Å². The fourth-order valence-electron chi connectivity index (χ4n) is 10.3. The average Bonchev–Trinajstić information content (AvgIpc) is 4.16. The van der Waals surface area contributed by atoms with E-state index in [1.807, 2.05) is 237 Å². The predicted octanol–water partition coefficient (Wildman–Crippen LogP) is 16.1. The van der Waals surface area contributed by atoms with Gasteiger partial charge in [-0.2, -0.15) is 0 Å². The molecule has 362 valence electrons. The Morgan fingerprint density at radius 3 is 0.641 bits per heavy atom. The Labute approximate surface area is 455 Å². The van der Waals surface area contributed by atoms with Gasteiger partial charge in [0.25, 0.3) is 0 Å². The molecule has 2 aliphatic rings. The van der Waals surface area contributed by atoms with Gasteiger partial charge in [-0.1, -0.05) is 236 Å². The predicted molar refractivity (Wildman–Crippen MR) is 320 cm³/mol. The number of Topliss-reactive ketones (excluding diaryl/α,β-unsaturated/α-hetero) is 2. The van der Waals surface area contributed by atoms with E-state index in [9.17, 15) is 0 Å². The van der Waals surface area contributed by atoms with Gasteiger partial charge in [-0.15, -0.1) is 0 Å². The minimum Gasteiger partial charge on any atom is -0.289 e. The summed E-state index contributed by atoms with van der Waals surface area (Å²) in [6.07, 6.45) is 0. The highest BCUT2D eigenvalue weighted by Crippen LogP contribution is 2.53. The SMILES string of the molecule is O=C1C(c2ccccc2)=C(c2ccc(C#Cc3ccccc3)cc2)C(c2cc(C#Cc3ccccc3)cc(C3=C(c4ccccc4)C(=O)C(c4ccccc4)=C3c3ccc(C#Cc4ccccc4)cc3)c2)=C1c1ccccc1. The summed E-state index contributed by atoms with van der Waals surface area (Å²) in [6, 6.07) is 92.3. The van der Waals surface area contributed by atoms with E-state index in [1.54, 1.807) is 0 Å². The van der Waals surface area contributed by atoms with E-state index < -0.39 is 0 Å². The minimum absolute atomic E-state index is 0.0877. The third kappa shape index (κ3) is 9.96. The first-order chi connectivity index (χ1) is 38.5. The van der Waals surface area contributed by atoms with Crippen LogP contribution in [0.25, 0.3) is 44.6 Å². The molecular weight excluding hydrogens is 945 g/mol. The van der Waals surface area contributed by atoms with Crippen molar-refractivity contribution in [3.63, 3.8) is 0 Å². The van der Waals surface area contributed by atoms with Crippen LogP contribution in [0.1, 0.15) is 77.9 Å². The van der Waals surface area contributed by atoms with Crippen LogP contribution in [0.3, 0.4) is 0 Å². The molecule has 2 nitrogen and oxygen atoms in total. The normalized spacial score (nSPS) is 12.9. The number of rotatable bonds is 8. The van der Waals surface area contributed by atoms with Crippen LogP contribution in [0.4, 0.5) is 0 Å². The lowest BCUT2D eigenvalue weighted by molar-refractivity contribution is -0.109. The molecule has 0 aromatic heterocycles. The highest BCUT2D eigenvalue weighted by Gasteiger charge is 2.38. The van der Waals surface area contributed by atoms with E-state index in [0.29, 0.717) is 27.9 Å². The van der Waals surface area contributed by atoms with Gasteiger partial charge in [-0.3, -0.25) is 9.59 Å². The smallest absolute Gasteiger partial charge is 0.195 e. The summed E-state index contributed by atoms with van der Waals surface area (Å²) in [4.78, 5) is 31.5. The summed E-state index contributed by atoms with van der Waals surface area (Å²) in [5.74, 6) is 20.1. The summed E-state index contributed by atoms with van der Waals surface area (Å²) in [5.41, 5.74) is 17.0. The summed E-state index contributed by atoms with van der Waals surface area (Å²) in [6.45, 7) is 0. The number of hydrogen-bond donors (Lipinski definition) is 0. The topological polar surface area (TPSA) is 34.1 Å². The Hall–Kier alpha value is -10.8. The van der Waals surface area contributed by atoms with Crippen LogP contribution in [0, 0.1) is 35.5 Å². The fraction of sp³-hybridized carbons (Fsp3) is 0. The molecule has 0 amide bonds. The number of hydrogen-bond acceptors (Lipinski definition) is 2. The standard InChI is InChI=1S/C76H46O2/c77-75-71(59-28-14-4-15-29-59)67(63-46-42-56(43-47-63)38-36-53-22-8-1-9-23-53)69(73(75)61-32-18-6-19-33-61)65-50-58(41-40-55-26-12-3-13-27-55)51-66(52-65)70-68(64-48-44-57(45-49-64)39-37-54-24-10-2-11-25-54)72(60-30-16-5-17-31-60)76(78)74(70)62-34-20-7-21-35-62/h1-35,42-52H. The van der Waals surface area contributed by atoms with Crippen molar-refractivity contribution in [1.82, 2.24) is 0 Å². The molecule has 0 N–H and O–H groups in total. The number of allylic oxidation sites excluding steroid dienone is 8. The Morgan fingerprint density at radius 1 is 0.167 bits per heavy atom. The fourth-order valence-corrected chi connectivity index (χ4v) is 10.3. The second-order valence-electron chi connectivity index (χ2n) is 18.9. The van der Waals surface area contributed by atoms with Crippen LogP contribution in [0.2, 0.25) is 0 Å². The van der Waals surface area contributed by atoms with Crippen molar-refractivity contribution < 1.29 is 9.59 Å². The number of ketones is 2. The van der Waals surface area contributed by atoms with Crippen LogP contribution < -0.4 is 0 Å². The Balaban J connectivity index is 1.14. The molecule has 0 atom stereocenters. The number of carbonyl (C=O) groups is 2. The van der Waals surface area contributed by atoms with Crippen molar-refractivity contribution in [1.29, 1.82) is 0 Å². The van der Waals surface area contributed by atoms with Crippen molar-refractivity contribution in [3.8, 4) is 35.5 Å². The van der Waals surface area contributed by atoms with Crippen LogP contribution >= 0.6 is 0 Å². The van der Waals surface area contributed by atoms with Gasteiger partial charge in [0.1, 0.15) is 0 Å². The van der Waals surface area contributed by atoms with Crippen LogP contribution in [-0.4, -0.2) is 11.6 Å². The van der Waals surface area contributed by atoms with Gasteiger partial charge in [0, 0.05) is 78.0 Å². The van der Waals surface area contributed by atoms with Crippen LogP contribution in [0.5, 0.6) is 0 Å². The molecule has 0 spiro atoms. The quantitative estimate of drug-likeness (QED) is 0.142. The highest BCUT2D eigenvalue weighted by molar-refractivity contribution is 6.60. The first-order valence-corrected chi connectivity index (χ1v) is 25.9. The molecule has 10 aromatic carbocycles. The Kier molecular flexibility index (Phi) is 13.5. The molecule has 0 saturated heterocycles. The molecule has 78 heavy (non-hydrogen) atoms. The lowest BCUT2D eigenvalue weighted by Crippen LogP contribution is -2.02. The van der Waals surface area contributed by atoms with E-state index in [4.69, 9.17) is 0 Å². The molecule has 0 saturated carbocycles. The maximum Gasteiger partial charge on any atom is 0.195 e. The molecular formula is C76H46O2. The van der Waals surface area contributed by atoms with E-state index >= 15 is 9.59 Å². The van der Waals surface area contributed by atoms with Gasteiger partial charge in [0.05, 0.1) is 0 Å². The van der Waals surface area contributed by atoms with E-state index in [2.05, 4.69) is 78.0 Å². The van der Waals surface area contributed by atoms with Gasteiger partial charge in [0.2, 0.25) is 0 Å². The van der Waals surface area contributed by atoms with Crippen molar-refractivity contribution in [2.45, 2.75) is 0 Å². The molecule has 0 bridgehead atoms. The van der Waals surface area contributed by atoms with E-state index in [-0.39, 0.29) is 11.6 Å².